The number of nitrogens with zero attached hydrogens (tertiary/aromatic N) is 2. The van der Waals surface area contributed by atoms with E-state index in [0.29, 0.717) is 12.3 Å². The number of hydrogen-bond acceptors (Lipinski definition) is 4. The molecule has 1 unspecified atom stereocenters. The van der Waals surface area contributed by atoms with E-state index in [2.05, 4.69) is 10.3 Å². The van der Waals surface area contributed by atoms with Crippen molar-refractivity contribution in [1.29, 1.82) is 0 Å². The van der Waals surface area contributed by atoms with Crippen LogP contribution in [0, 0.1) is 0 Å². The third-order valence-corrected chi connectivity index (χ3v) is 3.86. The van der Waals surface area contributed by atoms with Crippen LogP contribution in [0.1, 0.15) is 25.2 Å². The van der Waals surface area contributed by atoms with Crippen molar-refractivity contribution in [2.45, 2.75) is 26.0 Å². The van der Waals surface area contributed by atoms with Crippen molar-refractivity contribution in [3.63, 3.8) is 0 Å². The summed E-state index contributed by atoms with van der Waals surface area (Å²) >= 11 is 0. The van der Waals surface area contributed by atoms with Crippen molar-refractivity contribution in [1.82, 2.24) is 10.2 Å². The van der Waals surface area contributed by atoms with Gasteiger partial charge in [-0.1, -0.05) is 12.1 Å². The van der Waals surface area contributed by atoms with Gasteiger partial charge in [0.05, 0.1) is 19.9 Å². The topological polar surface area (TPSA) is 70.2 Å². The Labute approximate surface area is 172 Å². The van der Waals surface area contributed by atoms with Crippen LogP contribution in [-0.4, -0.2) is 43.2 Å². The molecular weight excluding hydrogens is 445 g/mol. The fraction of sp³-hybridized carbons (Fsp3) is 0.421. The molecule has 0 aliphatic heterocycles. The number of nitrogens with one attached hydrogen (secondary N) is 1. The summed E-state index contributed by atoms with van der Waals surface area (Å²) < 4.78 is 10.5. The van der Waals surface area contributed by atoms with E-state index >= 15 is 0 Å². The van der Waals surface area contributed by atoms with Gasteiger partial charge in [0.25, 0.3) is 0 Å². The second-order valence-electron chi connectivity index (χ2n) is 6.13. The van der Waals surface area contributed by atoms with Gasteiger partial charge in [0.2, 0.25) is 0 Å². The number of hydrogen-bond donors (Lipinski definition) is 2. The lowest BCUT2D eigenvalue weighted by Gasteiger charge is -2.24. The highest BCUT2D eigenvalue weighted by Crippen LogP contribution is 2.21. The molecule has 144 valence electrons. The zero-order chi connectivity index (χ0) is 18.3. The van der Waals surface area contributed by atoms with Crippen LogP contribution in [-0.2, 0) is 12.1 Å². The van der Waals surface area contributed by atoms with Crippen molar-refractivity contribution in [3.8, 4) is 5.75 Å². The van der Waals surface area contributed by atoms with E-state index in [1.165, 1.54) is 0 Å². The molecule has 26 heavy (non-hydrogen) atoms. The predicted octanol–water partition coefficient (Wildman–Crippen LogP) is 3.21. The predicted molar refractivity (Wildman–Crippen MR) is 114 cm³/mol. The molecule has 0 amide bonds. The van der Waals surface area contributed by atoms with Crippen LogP contribution in [0.2, 0.25) is 0 Å². The summed E-state index contributed by atoms with van der Waals surface area (Å²) in [6.45, 7) is 5.35. The average Bonchev–Trinajstić information content (AvgIpc) is 3.15. The lowest BCUT2D eigenvalue weighted by Crippen LogP contribution is -2.39. The van der Waals surface area contributed by atoms with Crippen molar-refractivity contribution in [3.05, 3.63) is 54.0 Å². The zero-order valence-electron chi connectivity index (χ0n) is 15.7. The van der Waals surface area contributed by atoms with Crippen LogP contribution in [0.15, 0.2) is 52.1 Å². The van der Waals surface area contributed by atoms with Crippen molar-refractivity contribution < 1.29 is 14.3 Å². The summed E-state index contributed by atoms with van der Waals surface area (Å²) in [5, 5.41) is 13.8. The molecule has 1 heterocycles. The van der Waals surface area contributed by atoms with Gasteiger partial charge in [0.15, 0.2) is 5.96 Å². The van der Waals surface area contributed by atoms with Crippen LogP contribution in [0.3, 0.4) is 0 Å². The van der Waals surface area contributed by atoms with E-state index < -0.39 is 5.60 Å². The quantitative estimate of drug-likeness (QED) is 0.367. The van der Waals surface area contributed by atoms with Gasteiger partial charge in [-0.15, -0.1) is 24.0 Å². The third-order valence-electron chi connectivity index (χ3n) is 3.86. The fourth-order valence-electron chi connectivity index (χ4n) is 2.44. The van der Waals surface area contributed by atoms with Crippen molar-refractivity contribution in [2.24, 2.45) is 4.99 Å². The number of furan rings is 1. The van der Waals surface area contributed by atoms with Crippen LogP contribution < -0.4 is 10.1 Å². The van der Waals surface area contributed by atoms with Gasteiger partial charge in [0.1, 0.15) is 17.1 Å². The number of aliphatic hydroxyl groups is 1. The first-order chi connectivity index (χ1) is 12.0. The number of benzene rings is 1. The third kappa shape index (κ3) is 6.21. The van der Waals surface area contributed by atoms with Crippen molar-refractivity contribution in [2.75, 3.05) is 27.2 Å². The molecule has 0 spiro atoms. The zero-order valence-corrected chi connectivity index (χ0v) is 18.1. The van der Waals surface area contributed by atoms with Crippen LogP contribution in [0.5, 0.6) is 5.75 Å². The molecule has 0 fully saturated rings. The van der Waals surface area contributed by atoms with E-state index in [4.69, 9.17) is 9.15 Å². The monoisotopic (exact) mass is 473 g/mol. The molecular formula is C19H28IN3O3. The number of ether oxygens (including phenoxy) is 1. The Kier molecular flexibility index (Phi) is 8.94. The molecule has 0 aliphatic carbocycles. The molecule has 0 radical (unpaired) electrons. The van der Waals surface area contributed by atoms with E-state index in [1.54, 1.807) is 32.4 Å². The maximum Gasteiger partial charge on any atom is 0.194 e. The Morgan fingerprint density at radius 2 is 2.00 bits per heavy atom. The number of methoxy groups -OCH3 is 1. The summed E-state index contributed by atoms with van der Waals surface area (Å²) in [5.41, 5.74) is -0.00260. The van der Waals surface area contributed by atoms with E-state index in [0.717, 1.165) is 23.8 Å². The first kappa shape index (κ1) is 22.3. The first-order valence-corrected chi connectivity index (χ1v) is 8.35. The maximum atomic E-state index is 10.6. The van der Waals surface area contributed by atoms with Gasteiger partial charge in [-0.2, -0.15) is 0 Å². The second kappa shape index (κ2) is 10.4. The molecule has 0 aliphatic rings. The maximum absolute atomic E-state index is 10.6. The highest BCUT2D eigenvalue weighted by molar-refractivity contribution is 14.0. The summed E-state index contributed by atoms with van der Waals surface area (Å²) in [4.78, 5) is 6.59. The van der Waals surface area contributed by atoms with E-state index in [1.807, 2.05) is 43.1 Å². The van der Waals surface area contributed by atoms with Crippen molar-refractivity contribution >= 4 is 29.9 Å². The SMILES string of the molecule is CCNC(=NCC(C)(O)c1ccco1)N(C)Cc1ccc(OC)cc1.I. The van der Waals surface area contributed by atoms with Gasteiger partial charge < -0.3 is 24.5 Å². The summed E-state index contributed by atoms with van der Waals surface area (Å²) in [6, 6.07) is 11.4. The second-order valence-corrected chi connectivity index (χ2v) is 6.13. The standard InChI is InChI=1S/C19H27N3O3.HI/c1-5-20-18(21-14-19(2,23)17-7-6-12-25-17)22(3)13-15-8-10-16(24-4)11-9-15;/h6-12,23H,5,13-14H2,1-4H3,(H,20,21);1H. The molecule has 1 aromatic carbocycles. The molecule has 0 bridgehead atoms. The van der Waals surface area contributed by atoms with Gasteiger partial charge in [-0.25, -0.2) is 4.99 Å². The van der Waals surface area contributed by atoms with Crippen LogP contribution >= 0.6 is 24.0 Å². The van der Waals surface area contributed by atoms with Crippen LogP contribution in [0.25, 0.3) is 0 Å². The molecule has 2 aromatic rings. The minimum atomic E-state index is -1.15. The Hall–Kier alpha value is -1.74. The van der Waals surface area contributed by atoms with Gasteiger partial charge in [0, 0.05) is 20.1 Å². The van der Waals surface area contributed by atoms with Gasteiger partial charge >= 0.3 is 0 Å². The first-order valence-electron chi connectivity index (χ1n) is 8.35. The van der Waals surface area contributed by atoms with Gasteiger partial charge in [-0.3, -0.25) is 0 Å². The molecule has 1 aromatic heterocycles. The fourth-order valence-corrected chi connectivity index (χ4v) is 2.44. The molecule has 2 rings (SSSR count). The lowest BCUT2D eigenvalue weighted by molar-refractivity contribution is 0.0435. The number of halogens is 1. The Balaban J connectivity index is 0.00000338. The molecule has 1 atom stereocenters. The number of rotatable bonds is 7. The van der Waals surface area contributed by atoms with E-state index in [-0.39, 0.29) is 30.5 Å². The molecule has 6 nitrogen and oxygen atoms in total. The molecule has 7 heteroatoms. The molecule has 0 saturated heterocycles. The Morgan fingerprint density at radius 3 is 2.54 bits per heavy atom. The minimum Gasteiger partial charge on any atom is -0.497 e. The van der Waals surface area contributed by atoms with Gasteiger partial charge in [-0.05, 0) is 43.7 Å². The lowest BCUT2D eigenvalue weighted by atomic mass is 10.0. The smallest absolute Gasteiger partial charge is 0.194 e. The average molecular weight is 473 g/mol. The number of aliphatic imine (C=N–C) groups is 1. The summed E-state index contributed by atoms with van der Waals surface area (Å²) in [5.74, 6) is 2.07. The Bertz CT molecular complexity index is 670. The Morgan fingerprint density at radius 1 is 1.31 bits per heavy atom. The van der Waals surface area contributed by atoms with E-state index in [9.17, 15) is 5.11 Å². The highest BCUT2D eigenvalue weighted by atomic mass is 127. The largest absolute Gasteiger partial charge is 0.497 e. The summed E-state index contributed by atoms with van der Waals surface area (Å²) in [7, 11) is 3.62. The molecule has 2 N–H and O–H groups in total. The summed E-state index contributed by atoms with van der Waals surface area (Å²) in [6.07, 6.45) is 1.55. The molecule has 0 saturated carbocycles. The minimum absolute atomic E-state index is 0. The highest BCUT2D eigenvalue weighted by Gasteiger charge is 2.26. The normalized spacial score (nSPS) is 13.5. The number of guanidine groups is 1. The van der Waals surface area contributed by atoms with Crippen LogP contribution in [0.4, 0.5) is 0 Å².